The highest BCUT2D eigenvalue weighted by atomic mass is 79.9. The van der Waals surface area contributed by atoms with Crippen molar-refractivity contribution in [3.8, 4) is 0 Å². The number of aromatic carboxylic acids is 1. The molecular weight excluding hydrogens is 212 g/mol. The fraction of sp³-hybridized carbons (Fsp3) is 0.167. The molecular formula is C6H4BrN2O2-. The molecule has 0 spiro atoms. The van der Waals surface area contributed by atoms with Gasteiger partial charge in [-0.25, -0.2) is 9.97 Å². The zero-order valence-corrected chi connectivity index (χ0v) is 7.25. The standard InChI is InChI=1S/C6H5BrN2O2/c1-3-8-2-4(7)5(9-3)6(10)11/h2H,1H3,(H,10,11)/p-1. The predicted octanol–water partition coefficient (Wildman–Crippen LogP) is -0.0890. The first-order valence-electron chi connectivity index (χ1n) is 2.81. The Hall–Kier alpha value is -0.970. The number of aromatic nitrogens is 2. The summed E-state index contributed by atoms with van der Waals surface area (Å²) in [5, 5.41) is 10.3. The van der Waals surface area contributed by atoms with Crippen LogP contribution >= 0.6 is 15.9 Å². The zero-order valence-electron chi connectivity index (χ0n) is 5.67. The summed E-state index contributed by atoms with van der Waals surface area (Å²) in [6.45, 7) is 1.61. The van der Waals surface area contributed by atoms with E-state index in [0.717, 1.165) is 0 Å². The minimum absolute atomic E-state index is 0.113. The van der Waals surface area contributed by atoms with E-state index >= 15 is 0 Å². The minimum atomic E-state index is -1.30. The molecule has 5 heteroatoms. The Kier molecular flexibility index (Phi) is 2.19. The van der Waals surface area contributed by atoms with Crippen LogP contribution in [0.25, 0.3) is 0 Å². The summed E-state index contributed by atoms with van der Waals surface area (Å²) in [4.78, 5) is 17.8. The van der Waals surface area contributed by atoms with Gasteiger partial charge in [-0.2, -0.15) is 0 Å². The van der Waals surface area contributed by atoms with Crippen LogP contribution in [0.4, 0.5) is 0 Å². The summed E-state index contributed by atoms with van der Waals surface area (Å²) < 4.78 is 0.336. The smallest absolute Gasteiger partial charge is 0.126 e. The van der Waals surface area contributed by atoms with Crippen molar-refractivity contribution in [2.75, 3.05) is 0 Å². The maximum absolute atomic E-state index is 10.3. The molecule has 0 N–H and O–H groups in total. The van der Waals surface area contributed by atoms with Crippen molar-refractivity contribution in [2.24, 2.45) is 0 Å². The number of rotatable bonds is 1. The number of hydrogen-bond acceptors (Lipinski definition) is 4. The molecule has 0 atom stereocenters. The Morgan fingerprint density at radius 2 is 2.36 bits per heavy atom. The van der Waals surface area contributed by atoms with E-state index in [1.807, 2.05) is 0 Å². The van der Waals surface area contributed by atoms with Gasteiger partial charge >= 0.3 is 0 Å². The quantitative estimate of drug-likeness (QED) is 0.657. The van der Waals surface area contributed by atoms with Crippen molar-refractivity contribution < 1.29 is 9.90 Å². The van der Waals surface area contributed by atoms with Crippen LogP contribution in [-0.4, -0.2) is 15.9 Å². The molecule has 0 unspecified atom stereocenters. The monoisotopic (exact) mass is 215 g/mol. The maximum Gasteiger partial charge on any atom is 0.126 e. The largest absolute Gasteiger partial charge is 0.543 e. The number of carboxylic acids is 1. The van der Waals surface area contributed by atoms with E-state index in [2.05, 4.69) is 25.9 Å². The second-order valence-corrected chi connectivity index (χ2v) is 2.76. The Balaban J connectivity index is 3.23. The van der Waals surface area contributed by atoms with Crippen LogP contribution in [0, 0.1) is 6.92 Å². The Morgan fingerprint density at radius 3 is 2.82 bits per heavy atom. The van der Waals surface area contributed by atoms with Crippen molar-refractivity contribution in [2.45, 2.75) is 6.92 Å². The lowest BCUT2D eigenvalue weighted by Crippen LogP contribution is -2.24. The zero-order chi connectivity index (χ0) is 8.43. The molecule has 0 radical (unpaired) electrons. The molecule has 1 aromatic rings. The number of carboxylic acid groups (broad SMARTS) is 1. The van der Waals surface area contributed by atoms with Gasteiger partial charge in [0.25, 0.3) is 0 Å². The minimum Gasteiger partial charge on any atom is -0.543 e. The van der Waals surface area contributed by atoms with Crippen molar-refractivity contribution in [3.05, 3.63) is 22.2 Å². The lowest BCUT2D eigenvalue weighted by atomic mass is 10.4. The lowest BCUT2D eigenvalue weighted by molar-refractivity contribution is -0.255. The SMILES string of the molecule is Cc1ncc(Br)c(C(=O)[O-])n1. The van der Waals surface area contributed by atoms with E-state index in [-0.39, 0.29) is 5.69 Å². The molecule has 1 rings (SSSR count). The van der Waals surface area contributed by atoms with Crippen molar-refractivity contribution >= 4 is 21.9 Å². The highest BCUT2D eigenvalue weighted by Gasteiger charge is 2.02. The molecule has 0 fully saturated rings. The highest BCUT2D eigenvalue weighted by Crippen LogP contribution is 2.11. The highest BCUT2D eigenvalue weighted by molar-refractivity contribution is 9.10. The molecule has 4 nitrogen and oxygen atoms in total. The van der Waals surface area contributed by atoms with Crippen LogP contribution in [0.2, 0.25) is 0 Å². The molecule has 0 aromatic carbocycles. The van der Waals surface area contributed by atoms with E-state index in [1.54, 1.807) is 6.92 Å². The fourth-order valence-corrected chi connectivity index (χ4v) is 0.951. The third-order valence-corrected chi connectivity index (χ3v) is 1.64. The summed E-state index contributed by atoms with van der Waals surface area (Å²) in [5.41, 5.74) is -0.113. The van der Waals surface area contributed by atoms with Gasteiger partial charge in [0, 0.05) is 6.20 Å². The predicted molar refractivity (Wildman–Crippen MR) is 38.8 cm³/mol. The molecule has 58 valence electrons. The van der Waals surface area contributed by atoms with Gasteiger partial charge in [-0.05, 0) is 22.9 Å². The van der Waals surface area contributed by atoms with Crippen molar-refractivity contribution in [1.29, 1.82) is 0 Å². The van der Waals surface area contributed by atoms with Gasteiger partial charge in [-0.1, -0.05) is 0 Å². The topological polar surface area (TPSA) is 65.9 Å². The molecule has 11 heavy (non-hydrogen) atoms. The molecule has 0 saturated carbocycles. The van der Waals surface area contributed by atoms with E-state index in [4.69, 9.17) is 0 Å². The average Bonchev–Trinajstić information content (AvgIpc) is 1.94. The average molecular weight is 216 g/mol. The van der Waals surface area contributed by atoms with Crippen molar-refractivity contribution in [1.82, 2.24) is 9.97 Å². The molecule has 0 amide bonds. The summed E-state index contributed by atoms with van der Waals surface area (Å²) in [5.74, 6) is -0.894. The van der Waals surface area contributed by atoms with Gasteiger partial charge in [0.05, 0.1) is 10.4 Å². The van der Waals surface area contributed by atoms with Crippen LogP contribution in [0.15, 0.2) is 10.7 Å². The van der Waals surface area contributed by atoms with Gasteiger partial charge < -0.3 is 9.90 Å². The number of aryl methyl sites for hydroxylation is 1. The second-order valence-electron chi connectivity index (χ2n) is 1.90. The number of carbonyl (C=O) groups is 1. The van der Waals surface area contributed by atoms with Crippen LogP contribution in [0.5, 0.6) is 0 Å². The summed E-state index contributed by atoms with van der Waals surface area (Å²) in [7, 11) is 0. The van der Waals surface area contributed by atoms with E-state index < -0.39 is 5.97 Å². The first-order valence-corrected chi connectivity index (χ1v) is 3.61. The summed E-state index contributed by atoms with van der Waals surface area (Å²) in [6, 6.07) is 0. The van der Waals surface area contributed by atoms with Crippen LogP contribution in [0.1, 0.15) is 16.3 Å². The molecule has 1 heterocycles. The van der Waals surface area contributed by atoms with Gasteiger partial charge in [-0.3, -0.25) is 0 Å². The second kappa shape index (κ2) is 2.96. The lowest BCUT2D eigenvalue weighted by Gasteiger charge is -2.03. The number of halogens is 1. The third kappa shape index (κ3) is 1.74. The number of carbonyl (C=O) groups excluding carboxylic acids is 1. The number of hydrogen-bond donors (Lipinski definition) is 0. The Labute approximate surface area is 71.4 Å². The van der Waals surface area contributed by atoms with Crippen molar-refractivity contribution in [3.63, 3.8) is 0 Å². The van der Waals surface area contributed by atoms with Gasteiger partial charge in [0.1, 0.15) is 11.5 Å². The van der Waals surface area contributed by atoms with Crippen LogP contribution in [-0.2, 0) is 0 Å². The molecule has 0 saturated heterocycles. The molecule has 0 bridgehead atoms. The first-order chi connectivity index (χ1) is 5.11. The number of nitrogens with zero attached hydrogens (tertiary/aromatic N) is 2. The third-order valence-electron chi connectivity index (χ3n) is 1.06. The van der Waals surface area contributed by atoms with Gasteiger partial charge in [0.2, 0.25) is 0 Å². The summed E-state index contributed by atoms with van der Waals surface area (Å²) >= 11 is 2.99. The fourth-order valence-electron chi connectivity index (χ4n) is 0.598. The van der Waals surface area contributed by atoms with E-state index in [9.17, 15) is 9.90 Å². The Bertz CT molecular complexity index is 301. The molecule has 0 aliphatic carbocycles. The maximum atomic E-state index is 10.3. The van der Waals surface area contributed by atoms with Crippen LogP contribution < -0.4 is 5.11 Å². The Morgan fingerprint density at radius 1 is 1.73 bits per heavy atom. The molecule has 0 aliphatic rings. The normalized spacial score (nSPS) is 9.64. The molecule has 0 aliphatic heterocycles. The van der Waals surface area contributed by atoms with E-state index in [1.165, 1.54) is 6.20 Å². The van der Waals surface area contributed by atoms with Gasteiger partial charge in [-0.15, -0.1) is 0 Å². The van der Waals surface area contributed by atoms with Gasteiger partial charge in [0.15, 0.2) is 0 Å². The first kappa shape index (κ1) is 8.13. The van der Waals surface area contributed by atoms with E-state index in [0.29, 0.717) is 10.3 Å². The molecule has 1 aromatic heterocycles. The summed E-state index contributed by atoms with van der Waals surface area (Å²) in [6.07, 6.45) is 1.38. The van der Waals surface area contributed by atoms with Crippen LogP contribution in [0.3, 0.4) is 0 Å².